The van der Waals surface area contributed by atoms with Crippen molar-refractivity contribution >= 4 is 27.4 Å². The van der Waals surface area contributed by atoms with Gasteiger partial charge in [-0.15, -0.1) is 0 Å². The molecule has 0 aliphatic carbocycles. The highest BCUT2D eigenvalue weighted by atomic mass is 32.2. The third kappa shape index (κ3) is 3.52. The molecule has 2 aromatic carbocycles. The van der Waals surface area contributed by atoms with E-state index in [4.69, 9.17) is 5.41 Å². The molecule has 3 N–H and O–H groups in total. The number of aliphatic hydroxyl groups is 1. The Labute approximate surface area is 169 Å². The summed E-state index contributed by atoms with van der Waals surface area (Å²) in [6, 6.07) is 8.14. The average molecular weight is 440 g/mol. The first-order valence-corrected chi connectivity index (χ1v) is 10.0. The maximum Gasteiger partial charge on any atom is 0.426 e. The number of halogens is 4. The third-order valence-electron chi connectivity index (χ3n) is 4.70. The van der Waals surface area contributed by atoms with Gasteiger partial charge >= 0.3 is 6.18 Å². The van der Waals surface area contributed by atoms with Gasteiger partial charge in [-0.3, -0.25) is 0 Å². The van der Waals surface area contributed by atoms with Gasteiger partial charge in [-0.25, -0.2) is 12.8 Å². The number of allylic oxidation sites excluding steroid dienone is 3. The number of rotatable bonds is 5. The Hall–Kier alpha value is -2.98. The lowest BCUT2D eigenvalue weighted by atomic mass is 9.90. The van der Waals surface area contributed by atoms with Crippen LogP contribution in [0.2, 0.25) is 0 Å². The first-order chi connectivity index (χ1) is 13.9. The summed E-state index contributed by atoms with van der Waals surface area (Å²) in [4.78, 5) is -1.52. The first-order valence-electron chi connectivity index (χ1n) is 8.52. The van der Waals surface area contributed by atoms with Crippen LogP contribution in [0.3, 0.4) is 0 Å². The molecule has 0 fully saturated rings. The van der Waals surface area contributed by atoms with Crippen molar-refractivity contribution in [2.75, 3.05) is 5.32 Å². The molecule has 10 heteroatoms. The molecule has 2 aromatic rings. The number of benzene rings is 2. The fraction of sp³-hybridized carbons (Fsp3) is 0.150. The molecule has 1 aliphatic rings. The van der Waals surface area contributed by atoms with Gasteiger partial charge in [0.1, 0.15) is 5.82 Å². The smallest absolute Gasteiger partial charge is 0.372 e. The lowest BCUT2D eigenvalue weighted by Crippen LogP contribution is -2.45. The van der Waals surface area contributed by atoms with E-state index in [1.54, 1.807) is 0 Å². The summed E-state index contributed by atoms with van der Waals surface area (Å²) < 4.78 is 79.6. The minimum Gasteiger partial charge on any atom is -0.372 e. The molecule has 1 atom stereocenters. The van der Waals surface area contributed by atoms with Gasteiger partial charge in [0.05, 0.1) is 4.91 Å². The Bertz CT molecular complexity index is 1170. The van der Waals surface area contributed by atoms with Gasteiger partial charge in [0, 0.05) is 28.1 Å². The Morgan fingerprint density at radius 1 is 1.07 bits per heavy atom. The van der Waals surface area contributed by atoms with Crippen LogP contribution in [0.25, 0.3) is 0 Å². The van der Waals surface area contributed by atoms with Crippen molar-refractivity contribution in [3.63, 3.8) is 0 Å². The van der Waals surface area contributed by atoms with E-state index < -0.39 is 37.9 Å². The van der Waals surface area contributed by atoms with Crippen molar-refractivity contribution in [1.29, 1.82) is 5.41 Å². The summed E-state index contributed by atoms with van der Waals surface area (Å²) in [5, 5.41) is 21.0. The Kier molecular flexibility index (Phi) is 5.33. The minimum atomic E-state index is -5.35. The molecule has 0 saturated heterocycles. The van der Waals surface area contributed by atoms with Gasteiger partial charge in [0.15, 0.2) is 0 Å². The van der Waals surface area contributed by atoms with Gasteiger partial charge in [0.2, 0.25) is 15.4 Å². The predicted molar refractivity (Wildman–Crippen MR) is 105 cm³/mol. The second-order valence-electron chi connectivity index (χ2n) is 6.60. The highest BCUT2D eigenvalue weighted by Gasteiger charge is 2.61. The molecule has 0 amide bonds. The fourth-order valence-corrected chi connectivity index (χ4v) is 4.48. The average Bonchev–Trinajstić information content (AvgIpc) is 2.95. The Morgan fingerprint density at radius 2 is 1.70 bits per heavy atom. The van der Waals surface area contributed by atoms with E-state index in [-0.39, 0.29) is 16.2 Å². The van der Waals surface area contributed by atoms with Crippen LogP contribution in [-0.2, 0) is 15.4 Å². The van der Waals surface area contributed by atoms with E-state index in [1.807, 2.05) is 0 Å². The van der Waals surface area contributed by atoms with Crippen molar-refractivity contribution < 1.29 is 31.1 Å². The lowest BCUT2D eigenvalue weighted by Gasteiger charge is -2.32. The molecule has 5 nitrogen and oxygen atoms in total. The molecule has 1 heterocycles. The summed E-state index contributed by atoms with van der Waals surface area (Å²) in [5.74, 6) is -0.478. The maximum absolute atomic E-state index is 13.9. The van der Waals surface area contributed by atoms with Crippen molar-refractivity contribution in [3.8, 4) is 0 Å². The van der Waals surface area contributed by atoms with Crippen LogP contribution < -0.4 is 5.32 Å². The van der Waals surface area contributed by atoms with Gasteiger partial charge < -0.3 is 15.8 Å². The summed E-state index contributed by atoms with van der Waals surface area (Å²) in [5.41, 5.74) is -3.97. The van der Waals surface area contributed by atoms with E-state index >= 15 is 0 Å². The standard InChI is InChI=1S/C20H16F4N2O3S/c1-12-2-9-18(30(12,28)29)19(27,20(22,23)24)14-3-8-17(13(10-14)11-25)26-16-6-4-15(21)5-7-16/h2-11,25-27H,1H3. The molecule has 3 rings (SSSR count). The van der Waals surface area contributed by atoms with Gasteiger partial charge in [0.25, 0.3) is 0 Å². The molecule has 0 saturated carbocycles. The molecule has 30 heavy (non-hydrogen) atoms. The van der Waals surface area contributed by atoms with Crippen LogP contribution in [0.5, 0.6) is 0 Å². The second-order valence-corrected chi connectivity index (χ2v) is 8.69. The normalized spacial score (nSPS) is 17.7. The summed E-state index contributed by atoms with van der Waals surface area (Å²) in [6.45, 7) is 1.13. The molecule has 1 unspecified atom stereocenters. The number of anilines is 2. The number of hydrogen-bond acceptors (Lipinski definition) is 5. The summed E-state index contributed by atoms with van der Waals surface area (Å²) in [6.07, 6.45) is -2.88. The monoisotopic (exact) mass is 440 g/mol. The SMILES string of the molecule is CC1=CC=C(C(O)(c2ccc(Nc3ccc(F)cc3)c(C=N)c2)C(F)(F)F)S1(=O)=O. The summed E-state index contributed by atoms with van der Waals surface area (Å²) in [7, 11) is -4.49. The van der Waals surface area contributed by atoms with Crippen LogP contribution in [0.4, 0.5) is 28.9 Å². The third-order valence-corrected chi connectivity index (χ3v) is 6.69. The molecule has 158 valence electrons. The zero-order valence-electron chi connectivity index (χ0n) is 15.5. The second kappa shape index (κ2) is 7.37. The molecular formula is C20H16F4N2O3S. The largest absolute Gasteiger partial charge is 0.426 e. The highest BCUT2D eigenvalue weighted by molar-refractivity contribution is 7.99. The van der Waals surface area contributed by atoms with Crippen molar-refractivity contribution in [2.45, 2.75) is 18.7 Å². The Balaban J connectivity index is 2.10. The van der Waals surface area contributed by atoms with Gasteiger partial charge in [-0.1, -0.05) is 6.07 Å². The predicted octanol–water partition coefficient (Wildman–Crippen LogP) is 4.53. The quantitative estimate of drug-likeness (QED) is 0.471. The molecule has 0 bridgehead atoms. The minimum absolute atomic E-state index is 0.0415. The van der Waals surface area contributed by atoms with E-state index in [1.165, 1.54) is 30.3 Å². The molecule has 0 radical (unpaired) electrons. The van der Waals surface area contributed by atoms with Gasteiger partial charge in [-0.05, 0) is 61.0 Å². The molecule has 1 aliphatic heterocycles. The summed E-state index contributed by atoms with van der Waals surface area (Å²) >= 11 is 0. The van der Waals surface area contributed by atoms with Crippen molar-refractivity contribution in [2.24, 2.45) is 0 Å². The van der Waals surface area contributed by atoms with E-state index in [0.29, 0.717) is 5.69 Å². The fourth-order valence-electron chi connectivity index (χ4n) is 3.02. The lowest BCUT2D eigenvalue weighted by molar-refractivity contribution is -0.247. The van der Waals surface area contributed by atoms with Crippen LogP contribution in [-0.4, -0.2) is 25.9 Å². The van der Waals surface area contributed by atoms with Crippen LogP contribution in [0.15, 0.2) is 64.4 Å². The number of nitrogens with one attached hydrogen (secondary N) is 2. The highest BCUT2D eigenvalue weighted by Crippen LogP contribution is 2.49. The van der Waals surface area contributed by atoms with E-state index in [2.05, 4.69) is 5.32 Å². The Morgan fingerprint density at radius 3 is 2.20 bits per heavy atom. The van der Waals surface area contributed by atoms with E-state index in [0.717, 1.165) is 37.4 Å². The first kappa shape index (κ1) is 21.7. The molecular weight excluding hydrogens is 424 g/mol. The maximum atomic E-state index is 13.9. The zero-order chi connectivity index (χ0) is 22.3. The number of alkyl halides is 3. The number of hydrogen-bond donors (Lipinski definition) is 3. The topological polar surface area (TPSA) is 90.2 Å². The van der Waals surface area contributed by atoms with E-state index in [9.17, 15) is 31.1 Å². The van der Waals surface area contributed by atoms with Crippen molar-refractivity contribution in [1.82, 2.24) is 0 Å². The molecule has 0 aromatic heterocycles. The van der Waals surface area contributed by atoms with Crippen LogP contribution >= 0.6 is 0 Å². The van der Waals surface area contributed by atoms with Gasteiger partial charge in [-0.2, -0.15) is 13.2 Å². The number of sulfone groups is 1. The van der Waals surface area contributed by atoms with Crippen LogP contribution in [0, 0.1) is 11.2 Å². The van der Waals surface area contributed by atoms with Crippen molar-refractivity contribution in [3.05, 3.63) is 81.4 Å². The van der Waals surface area contributed by atoms with Crippen LogP contribution in [0.1, 0.15) is 18.1 Å². The zero-order valence-corrected chi connectivity index (χ0v) is 16.3. The molecule has 0 spiro atoms.